The Morgan fingerprint density at radius 2 is 2.39 bits per heavy atom. The summed E-state index contributed by atoms with van der Waals surface area (Å²) in [6, 6.07) is 2.53. The summed E-state index contributed by atoms with van der Waals surface area (Å²) >= 11 is 3.61. The number of rotatable bonds is 4. The fourth-order valence-corrected chi connectivity index (χ4v) is 4.42. The molecule has 0 bridgehead atoms. The van der Waals surface area contributed by atoms with E-state index in [1.807, 2.05) is 18.3 Å². The van der Waals surface area contributed by atoms with Gasteiger partial charge in [0.25, 0.3) is 0 Å². The molecule has 2 heterocycles. The minimum absolute atomic E-state index is 0.196. The van der Waals surface area contributed by atoms with E-state index >= 15 is 0 Å². The first kappa shape index (κ1) is 12.3. The van der Waals surface area contributed by atoms with Gasteiger partial charge in [-0.05, 0) is 37.8 Å². The van der Waals surface area contributed by atoms with Crippen molar-refractivity contribution in [3.63, 3.8) is 0 Å². The minimum atomic E-state index is 0.196. The van der Waals surface area contributed by atoms with Gasteiger partial charge in [-0.2, -0.15) is 0 Å². The van der Waals surface area contributed by atoms with Gasteiger partial charge < -0.3 is 0 Å². The third kappa shape index (κ3) is 2.36. The molecule has 0 spiro atoms. The maximum atomic E-state index is 5.71. The average molecular weight is 279 g/mol. The van der Waals surface area contributed by atoms with Crippen LogP contribution in [0, 0.1) is 6.92 Å². The molecule has 3 rings (SSSR count). The molecular formula is C13H17N3S2. The Morgan fingerprint density at radius 3 is 3.06 bits per heavy atom. The molecule has 2 aromatic heterocycles. The number of hydrogen-bond acceptors (Lipinski definition) is 5. The second-order valence-electron chi connectivity index (χ2n) is 4.73. The fourth-order valence-electron chi connectivity index (χ4n) is 2.48. The molecule has 0 saturated carbocycles. The smallest absolute Gasteiger partial charge is 0.0897 e. The maximum absolute atomic E-state index is 5.71. The van der Waals surface area contributed by atoms with Crippen LogP contribution in [0.25, 0.3) is 0 Å². The highest BCUT2D eigenvalue weighted by molar-refractivity contribution is 7.12. The van der Waals surface area contributed by atoms with Crippen LogP contribution in [0.4, 0.5) is 0 Å². The number of thiazole rings is 1. The molecule has 18 heavy (non-hydrogen) atoms. The van der Waals surface area contributed by atoms with Crippen LogP contribution in [-0.2, 0) is 19.3 Å². The lowest BCUT2D eigenvalue weighted by Gasteiger charge is -2.12. The topological polar surface area (TPSA) is 50.9 Å². The largest absolute Gasteiger partial charge is 0.271 e. The summed E-state index contributed by atoms with van der Waals surface area (Å²) in [5.41, 5.74) is 5.61. The molecule has 1 unspecified atom stereocenters. The van der Waals surface area contributed by atoms with Crippen molar-refractivity contribution in [1.29, 1.82) is 0 Å². The third-order valence-corrected chi connectivity index (χ3v) is 5.56. The van der Waals surface area contributed by atoms with Gasteiger partial charge in [0.15, 0.2) is 0 Å². The van der Waals surface area contributed by atoms with E-state index in [0.717, 1.165) is 17.1 Å². The van der Waals surface area contributed by atoms with E-state index in [2.05, 4.69) is 21.9 Å². The zero-order valence-electron chi connectivity index (χ0n) is 10.4. The lowest BCUT2D eigenvalue weighted by Crippen LogP contribution is -2.29. The van der Waals surface area contributed by atoms with Gasteiger partial charge in [-0.1, -0.05) is 0 Å². The lowest BCUT2D eigenvalue weighted by atomic mass is 10.1. The molecule has 1 aliphatic rings. The number of fused-ring (bicyclic) bond motifs is 1. The number of thiophene rings is 1. The van der Waals surface area contributed by atoms with Crippen molar-refractivity contribution in [2.45, 2.75) is 38.6 Å². The molecule has 0 fully saturated rings. The van der Waals surface area contributed by atoms with E-state index < -0.39 is 0 Å². The van der Waals surface area contributed by atoms with E-state index in [1.165, 1.54) is 29.7 Å². The second-order valence-corrected chi connectivity index (χ2v) is 6.96. The zero-order valence-corrected chi connectivity index (χ0v) is 12.0. The first-order valence-corrected chi connectivity index (χ1v) is 7.94. The van der Waals surface area contributed by atoms with Crippen molar-refractivity contribution in [3.8, 4) is 0 Å². The van der Waals surface area contributed by atoms with Crippen LogP contribution in [-0.4, -0.2) is 4.98 Å². The van der Waals surface area contributed by atoms with Crippen LogP contribution >= 0.6 is 22.7 Å². The zero-order chi connectivity index (χ0) is 12.5. The molecule has 0 aromatic carbocycles. The Bertz CT molecular complexity index is 523. The Labute approximate surface area is 115 Å². The normalized spacial score (nSPS) is 15.9. The number of hydrazine groups is 1. The predicted molar refractivity (Wildman–Crippen MR) is 77.0 cm³/mol. The van der Waals surface area contributed by atoms with Gasteiger partial charge in [0.05, 0.1) is 16.7 Å². The van der Waals surface area contributed by atoms with Crippen LogP contribution in [0.2, 0.25) is 0 Å². The maximum Gasteiger partial charge on any atom is 0.0897 e. The van der Waals surface area contributed by atoms with Crippen molar-refractivity contribution in [1.82, 2.24) is 10.4 Å². The van der Waals surface area contributed by atoms with Crippen LogP contribution < -0.4 is 11.3 Å². The van der Waals surface area contributed by atoms with Crippen molar-refractivity contribution < 1.29 is 0 Å². The summed E-state index contributed by atoms with van der Waals surface area (Å²) in [5.74, 6) is 5.71. The molecule has 96 valence electrons. The first-order valence-electron chi connectivity index (χ1n) is 6.25. The molecular weight excluding hydrogens is 262 g/mol. The Balaban J connectivity index is 1.79. The summed E-state index contributed by atoms with van der Waals surface area (Å²) in [6.07, 6.45) is 4.67. The van der Waals surface area contributed by atoms with Crippen molar-refractivity contribution in [2.75, 3.05) is 0 Å². The number of hydrogen-bond donors (Lipinski definition) is 2. The molecule has 2 aromatic rings. The summed E-state index contributed by atoms with van der Waals surface area (Å²) < 4.78 is 0. The first-order chi connectivity index (χ1) is 8.76. The highest BCUT2D eigenvalue weighted by Crippen LogP contribution is 2.34. The van der Waals surface area contributed by atoms with Gasteiger partial charge in [-0.15, -0.1) is 22.7 Å². The number of nitrogens with two attached hydrogens (primary N) is 1. The molecule has 0 radical (unpaired) electrons. The summed E-state index contributed by atoms with van der Waals surface area (Å²) in [4.78, 5) is 7.42. The molecule has 5 heteroatoms. The molecule has 0 saturated heterocycles. The second kappa shape index (κ2) is 5.09. The molecule has 0 aliphatic heterocycles. The molecule has 0 amide bonds. The van der Waals surface area contributed by atoms with Crippen LogP contribution in [0.15, 0.2) is 11.4 Å². The van der Waals surface area contributed by atoms with Crippen molar-refractivity contribution >= 4 is 22.7 Å². The van der Waals surface area contributed by atoms with Gasteiger partial charge in [-0.25, -0.2) is 4.98 Å². The van der Waals surface area contributed by atoms with Crippen molar-refractivity contribution in [3.05, 3.63) is 37.5 Å². The molecule has 3 N–H and O–H groups in total. The van der Waals surface area contributed by atoms with Crippen LogP contribution in [0.1, 0.15) is 38.5 Å². The van der Waals surface area contributed by atoms with E-state index in [-0.39, 0.29) is 6.04 Å². The van der Waals surface area contributed by atoms with Crippen LogP contribution in [0.3, 0.4) is 0 Å². The number of nitrogens with zero attached hydrogens (tertiary/aromatic N) is 1. The Hall–Kier alpha value is -0.750. The van der Waals surface area contributed by atoms with Gasteiger partial charge in [0, 0.05) is 21.6 Å². The molecule has 1 atom stereocenters. The van der Waals surface area contributed by atoms with E-state index in [1.54, 1.807) is 16.2 Å². The van der Waals surface area contributed by atoms with E-state index in [4.69, 9.17) is 5.84 Å². The fraction of sp³-hybridized carbons (Fsp3) is 0.462. The van der Waals surface area contributed by atoms with Gasteiger partial charge in [-0.3, -0.25) is 11.3 Å². The summed E-state index contributed by atoms with van der Waals surface area (Å²) in [5, 5.41) is 3.25. The molecule has 1 aliphatic carbocycles. The Kier molecular flexibility index (Phi) is 3.48. The minimum Gasteiger partial charge on any atom is -0.271 e. The summed E-state index contributed by atoms with van der Waals surface area (Å²) in [7, 11) is 0. The SMILES string of the molecule is Cc1nc(CC(NN)c2cc3c(s2)CCC3)cs1. The number of aryl methyl sites for hydroxylation is 3. The third-order valence-electron chi connectivity index (χ3n) is 3.39. The van der Waals surface area contributed by atoms with E-state index in [0.29, 0.717) is 0 Å². The van der Waals surface area contributed by atoms with Gasteiger partial charge in [0.1, 0.15) is 0 Å². The highest BCUT2D eigenvalue weighted by atomic mass is 32.1. The number of aromatic nitrogens is 1. The van der Waals surface area contributed by atoms with E-state index in [9.17, 15) is 0 Å². The highest BCUT2D eigenvalue weighted by Gasteiger charge is 2.20. The Morgan fingerprint density at radius 1 is 1.50 bits per heavy atom. The van der Waals surface area contributed by atoms with Crippen molar-refractivity contribution in [2.24, 2.45) is 5.84 Å². The number of nitrogens with one attached hydrogen (secondary N) is 1. The monoisotopic (exact) mass is 279 g/mol. The van der Waals surface area contributed by atoms with Crippen LogP contribution in [0.5, 0.6) is 0 Å². The van der Waals surface area contributed by atoms with Gasteiger partial charge >= 0.3 is 0 Å². The predicted octanol–water partition coefficient (Wildman–Crippen LogP) is 2.75. The molecule has 3 nitrogen and oxygen atoms in total. The van der Waals surface area contributed by atoms with Gasteiger partial charge in [0.2, 0.25) is 0 Å². The quantitative estimate of drug-likeness (QED) is 0.668. The average Bonchev–Trinajstić information content (AvgIpc) is 3.00. The lowest BCUT2D eigenvalue weighted by molar-refractivity contribution is 0.555. The standard InChI is InChI=1S/C13H17N3S2/c1-8-15-10(7-17-8)6-11(16-14)13-5-9-3-2-4-12(9)18-13/h5,7,11,16H,2-4,6,14H2,1H3. The summed E-state index contributed by atoms with van der Waals surface area (Å²) in [6.45, 7) is 2.04.